The normalized spacial score (nSPS) is 26.4. The van der Waals surface area contributed by atoms with Gasteiger partial charge in [0, 0.05) is 7.05 Å². The van der Waals surface area contributed by atoms with Crippen LogP contribution in [0.4, 0.5) is 0 Å². The van der Waals surface area contributed by atoms with Gasteiger partial charge in [-0.3, -0.25) is 4.55 Å². The van der Waals surface area contributed by atoms with E-state index in [1.54, 1.807) is 20.8 Å². The van der Waals surface area contributed by atoms with E-state index >= 15 is 0 Å². The molecule has 2 rings (SSSR count). The Bertz CT molecular complexity index is 615. The summed E-state index contributed by atoms with van der Waals surface area (Å²) < 4.78 is 44.1. The summed E-state index contributed by atoms with van der Waals surface area (Å²) in [6.07, 6.45) is -1.70. The molecule has 0 spiro atoms. The highest BCUT2D eigenvalue weighted by Gasteiger charge is 2.48. The Hall–Kier alpha value is -0.290. The third kappa shape index (κ3) is 3.14. The Morgan fingerprint density at radius 2 is 2.05 bits per heavy atom. The topological polar surface area (TPSA) is 89.0 Å². The predicted molar refractivity (Wildman–Crippen MR) is 74.0 cm³/mol. The second kappa shape index (κ2) is 5.16. The monoisotopic (exact) mass is 342 g/mol. The van der Waals surface area contributed by atoms with E-state index in [4.69, 9.17) is 21.1 Å². The van der Waals surface area contributed by atoms with E-state index in [1.807, 2.05) is 0 Å². The summed E-state index contributed by atoms with van der Waals surface area (Å²) >= 11 is 7.05. The second-order valence-electron chi connectivity index (χ2n) is 4.86. The van der Waals surface area contributed by atoms with Crippen molar-refractivity contribution >= 4 is 33.2 Å². The van der Waals surface area contributed by atoms with Gasteiger partial charge in [-0.15, -0.1) is 11.3 Å². The summed E-state index contributed by atoms with van der Waals surface area (Å²) in [6.45, 7) is 5.07. The maximum absolute atomic E-state index is 11.3. The number of rotatable bonds is 3. The molecule has 1 aromatic rings. The van der Waals surface area contributed by atoms with Gasteiger partial charge in [0.2, 0.25) is 0 Å². The predicted octanol–water partition coefficient (Wildman–Crippen LogP) is 1.99. The lowest BCUT2D eigenvalue weighted by Gasteiger charge is -2.23. The molecular formula is C10H15ClN2O5S2. The number of hydrogen-bond donors (Lipinski definition) is 1. The van der Waals surface area contributed by atoms with Gasteiger partial charge in [-0.1, -0.05) is 11.6 Å². The molecule has 1 aliphatic rings. The Kier molecular flexibility index (Phi) is 4.15. The van der Waals surface area contributed by atoms with Crippen LogP contribution in [0.2, 0.25) is 4.47 Å². The van der Waals surface area contributed by atoms with Crippen molar-refractivity contribution in [2.75, 3.05) is 7.05 Å². The summed E-state index contributed by atoms with van der Waals surface area (Å²) in [5, 5.41) is 0. The lowest BCUT2D eigenvalue weighted by molar-refractivity contribution is -0.154. The van der Waals surface area contributed by atoms with Gasteiger partial charge in [-0.25, -0.2) is 4.98 Å². The maximum Gasteiger partial charge on any atom is 0.337 e. The van der Waals surface area contributed by atoms with Crippen LogP contribution in [0.5, 0.6) is 0 Å². The quantitative estimate of drug-likeness (QED) is 0.845. The summed E-state index contributed by atoms with van der Waals surface area (Å²) in [4.78, 5) is 4.74. The van der Waals surface area contributed by atoms with Gasteiger partial charge in [0.1, 0.15) is 6.10 Å². The van der Waals surface area contributed by atoms with Gasteiger partial charge in [-0.05, 0) is 20.8 Å². The SMILES string of the molecule is Cc1nc(Cl)sc1C1OC(C)(C)OC1N(C)S(=O)(=O)O. The van der Waals surface area contributed by atoms with Crippen LogP contribution in [0.1, 0.15) is 30.5 Å². The molecule has 1 fully saturated rings. The molecule has 20 heavy (non-hydrogen) atoms. The standard InChI is InChI=1S/C10H15ClN2O5S2/c1-5-7(19-9(11)12-5)6-8(13(4)20(14,15)16)18-10(2,3)17-6/h6,8H,1-4H3,(H,14,15,16). The fourth-order valence-electron chi connectivity index (χ4n) is 1.96. The highest BCUT2D eigenvalue weighted by atomic mass is 35.5. The van der Waals surface area contributed by atoms with Crippen LogP contribution in [-0.2, 0) is 19.8 Å². The van der Waals surface area contributed by atoms with E-state index < -0.39 is 28.4 Å². The first-order valence-corrected chi connectivity index (χ1v) is 8.29. The maximum atomic E-state index is 11.3. The summed E-state index contributed by atoms with van der Waals surface area (Å²) in [6, 6.07) is 0. The molecule has 0 aromatic carbocycles. The van der Waals surface area contributed by atoms with Crippen LogP contribution in [0.3, 0.4) is 0 Å². The molecule has 0 amide bonds. The molecule has 0 saturated carbocycles. The van der Waals surface area contributed by atoms with Gasteiger partial charge in [-0.2, -0.15) is 12.7 Å². The molecule has 10 heteroatoms. The first-order chi connectivity index (χ1) is 9.01. The Labute approximate surface area is 126 Å². The van der Waals surface area contributed by atoms with Crippen molar-refractivity contribution in [3.05, 3.63) is 15.0 Å². The summed E-state index contributed by atoms with van der Waals surface area (Å²) in [5.74, 6) is -0.989. The lowest BCUT2D eigenvalue weighted by Crippen LogP contribution is -2.40. The average Bonchev–Trinajstić information content (AvgIpc) is 2.75. The van der Waals surface area contributed by atoms with Crippen LogP contribution < -0.4 is 0 Å². The Morgan fingerprint density at radius 1 is 1.45 bits per heavy atom. The first-order valence-electron chi connectivity index (χ1n) is 5.70. The van der Waals surface area contributed by atoms with Gasteiger partial charge >= 0.3 is 10.3 Å². The number of thiazole rings is 1. The van der Waals surface area contributed by atoms with Crippen molar-refractivity contribution in [1.29, 1.82) is 0 Å². The number of aromatic nitrogens is 1. The molecule has 7 nitrogen and oxygen atoms in total. The minimum absolute atomic E-state index is 0.332. The van der Waals surface area contributed by atoms with Gasteiger partial charge < -0.3 is 9.47 Å². The molecule has 0 aliphatic carbocycles. The lowest BCUT2D eigenvalue weighted by atomic mass is 10.2. The molecule has 114 valence electrons. The van der Waals surface area contributed by atoms with Crippen molar-refractivity contribution in [3.63, 3.8) is 0 Å². The smallest absolute Gasteiger partial charge is 0.337 e. The fourth-order valence-corrected chi connectivity index (χ4v) is 3.59. The third-order valence-electron chi connectivity index (χ3n) is 2.86. The number of hydrogen-bond acceptors (Lipinski definition) is 6. The number of halogens is 1. The number of aryl methyl sites for hydroxylation is 1. The minimum atomic E-state index is -4.40. The molecule has 1 N–H and O–H groups in total. The minimum Gasteiger partial charge on any atom is -0.337 e. The fraction of sp³-hybridized carbons (Fsp3) is 0.700. The number of nitrogens with zero attached hydrogens (tertiary/aromatic N) is 2. The van der Waals surface area contributed by atoms with Crippen molar-refractivity contribution in [2.24, 2.45) is 0 Å². The summed E-state index contributed by atoms with van der Waals surface area (Å²) in [7, 11) is -3.19. The number of likely N-dealkylation sites (N-methyl/N-ethyl adjacent to an activating group) is 1. The van der Waals surface area contributed by atoms with E-state index in [0.29, 0.717) is 15.0 Å². The highest BCUT2D eigenvalue weighted by molar-refractivity contribution is 7.83. The van der Waals surface area contributed by atoms with Crippen molar-refractivity contribution < 1.29 is 22.4 Å². The third-order valence-corrected chi connectivity index (χ3v) is 5.12. The van der Waals surface area contributed by atoms with E-state index in [9.17, 15) is 13.0 Å². The largest absolute Gasteiger partial charge is 0.337 e. The zero-order valence-corrected chi connectivity index (χ0v) is 13.7. The van der Waals surface area contributed by atoms with Crippen molar-refractivity contribution in [2.45, 2.75) is 38.9 Å². The summed E-state index contributed by atoms with van der Waals surface area (Å²) in [5.41, 5.74) is 0.639. The highest BCUT2D eigenvalue weighted by Crippen LogP contribution is 2.43. The van der Waals surface area contributed by atoms with E-state index in [1.165, 1.54) is 18.4 Å². The van der Waals surface area contributed by atoms with Gasteiger partial charge in [0.05, 0.1) is 10.6 Å². The molecular weight excluding hydrogens is 328 g/mol. The van der Waals surface area contributed by atoms with Crippen LogP contribution in [0.15, 0.2) is 0 Å². The van der Waals surface area contributed by atoms with Crippen molar-refractivity contribution in [1.82, 2.24) is 9.29 Å². The van der Waals surface area contributed by atoms with Crippen molar-refractivity contribution in [3.8, 4) is 0 Å². The zero-order chi connectivity index (χ0) is 15.3. The Morgan fingerprint density at radius 3 is 2.50 bits per heavy atom. The second-order valence-corrected chi connectivity index (χ2v) is 7.94. The molecule has 0 radical (unpaired) electrons. The molecule has 1 saturated heterocycles. The van der Waals surface area contributed by atoms with Crippen LogP contribution >= 0.6 is 22.9 Å². The van der Waals surface area contributed by atoms with E-state index in [0.717, 1.165) is 4.31 Å². The molecule has 2 unspecified atom stereocenters. The van der Waals surface area contributed by atoms with Gasteiger partial charge in [0.25, 0.3) is 0 Å². The first kappa shape index (κ1) is 16.1. The molecule has 1 aliphatic heterocycles. The van der Waals surface area contributed by atoms with E-state index in [2.05, 4.69) is 4.98 Å². The average molecular weight is 343 g/mol. The van der Waals surface area contributed by atoms with Gasteiger partial charge in [0.15, 0.2) is 16.5 Å². The molecule has 1 aromatic heterocycles. The molecule has 2 heterocycles. The zero-order valence-electron chi connectivity index (χ0n) is 11.3. The number of ether oxygens (including phenoxy) is 2. The Balaban J connectivity index is 2.41. The molecule has 2 atom stereocenters. The van der Waals surface area contributed by atoms with Crippen LogP contribution in [0.25, 0.3) is 0 Å². The molecule has 0 bridgehead atoms. The van der Waals surface area contributed by atoms with E-state index in [-0.39, 0.29) is 0 Å². The van der Waals surface area contributed by atoms with Crippen LogP contribution in [0, 0.1) is 6.92 Å². The van der Waals surface area contributed by atoms with Crippen LogP contribution in [-0.4, -0.2) is 41.3 Å².